The van der Waals surface area contributed by atoms with Crippen molar-refractivity contribution in [3.63, 3.8) is 0 Å². The Morgan fingerprint density at radius 3 is 2.70 bits per heavy atom. The van der Waals surface area contributed by atoms with Gasteiger partial charge < -0.3 is 20.5 Å². The van der Waals surface area contributed by atoms with Crippen LogP contribution in [-0.4, -0.2) is 50.3 Å². The van der Waals surface area contributed by atoms with Gasteiger partial charge in [0.1, 0.15) is 12.4 Å². The van der Waals surface area contributed by atoms with Gasteiger partial charge in [-0.1, -0.05) is 38.1 Å². The van der Waals surface area contributed by atoms with Crippen molar-refractivity contribution in [3.8, 4) is 5.75 Å². The summed E-state index contributed by atoms with van der Waals surface area (Å²) in [6, 6.07) is 16.4. The van der Waals surface area contributed by atoms with Crippen molar-refractivity contribution in [1.29, 1.82) is 0 Å². The molecule has 0 aromatic heterocycles. The van der Waals surface area contributed by atoms with Crippen molar-refractivity contribution in [2.24, 2.45) is 10.7 Å². The molecule has 30 heavy (non-hydrogen) atoms. The summed E-state index contributed by atoms with van der Waals surface area (Å²) in [4.78, 5) is 6.82. The standard InChI is InChI=1S/C24H34N4O2/c1-3-19(2)21-7-9-22(10-8-21)27-24(25)26-18-20-5-4-6-23(17-20)30-16-13-28-11-14-29-15-12-28/h4-10,17,19H,3,11-16,18H2,1-2H3,(H3,25,26,27). The predicted molar refractivity (Wildman–Crippen MR) is 123 cm³/mol. The van der Waals surface area contributed by atoms with Crippen LogP contribution in [0.4, 0.5) is 5.69 Å². The summed E-state index contributed by atoms with van der Waals surface area (Å²) >= 11 is 0. The third kappa shape index (κ3) is 7.04. The second-order valence-electron chi connectivity index (χ2n) is 7.71. The molecule has 1 unspecified atom stereocenters. The molecule has 2 aromatic carbocycles. The normalized spacial score (nSPS) is 16.3. The quantitative estimate of drug-likeness (QED) is 0.485. The highest BCUT2D eigenvalue weighted by molar-refractivity contribution is 5.92. The van der Waals surface area contributed by atoms with E-state index in [1.165, 1.54) is 5.56 Å². The Hall–Kier alpha value is -2.57. The summed E-state index contributed by atoms with van der Waals surface area (Å²) < 4.78 is 11.3. The molecule has 162 valence electrons. The number of aliphatic imine (C=N–C) groups is 1. The number of nitrogens with two attached hydrogens (primary N) is 1. The van der Waals surface area contributed by atoms with E-state index in [1.807, 2.05) is 36.4 Å². The monoisotopic (exact) mass is 410 g/mol. The number of anilines is 1. The molecule has 1 fully saturated rings. The van der Waals surface area contributed by atoms with E-state index in [0.29, 0.717) is 25.0 Å². The minimum absolute atomic E-state index is 0.407. The van der Waals surface area contributed by atoms with E-state index >= 15 is 0 Å². The molecule has 0 bridgehead atoms. The average Bonchev–Trinajstić information content (AvgIpc) is 2.79. The smallest absolute Gasteiger partial charge is 0.193 e. The van der Waals surface area contributed by atoms with Gasteiger partial charge in [0, 0.05) is 25.3 Å². The van der Waals surface area contributed by atoms with Crippen LogP contribution < -0.4 is 15.8 Å². The molecule has 3 rings (SSSR count). The Morgan fingerprint density at radius 2 is 1.97 bits per heavy atom. The van der Waals surface area contributed by atoms with Crippen molar-refractivity contribution >= 4 is 11.6 Å². The van der Waals surface area contributed by atoms with Gasteiger partial charge in [-0.25, -0.2) is 4.99 Å². The summed E-state index contributed by atoms with van der Waals surface area (Å²) in [5.74, 6) is 1.83. The molecule has 0 saturated carbocycles. The first kappa shape index (κ1) is 22.1. The largest absolute Gasteiger partial charge is 0.492 e. The van der Waals surface area contributed by atoms with Gasteiger partial charge in [0.2, 0.25) is 0 Å². The maximum absolute atomic E-state index is 6.07. The fraction of sp³-hybridized carbons (Fsp3) is 0.458. The van der Waals surface area contributed by atoms with Gasteiger partial charge in [0.05, 0.1) is 19.8 Å². The van der Waals surface area contributed by atoms with Gasteiger partial charge in [-0.3, -0.25) is 4.90 Å². The first-order chi connectivity index (χ1) is 14.6. The summed E-state index contributed by atoms with van der Waals surface area (Å²) in [6.07, 6.45) is 1.13. The van der Waals surface area contributed by atoms with Gasteiger partial charge in [-0.2, -0.15) is 0 Å². The molecule has 1 atom stereocenters. The number of hydrogen-bond donors (Lipinski definition) is 2. The molecular formula is C24H34N4O2. The van der Waals surface area contributed by atoms with Gasteiger partial charge in [0.15, 0.2) is 5.96 Å². The van der Waals surface area contributed by atoms with Crippen LogP contribution >= 0.6 is 0 Å². The zero-order chi connectivity index (χ0) is 21.2. The molecule has 1 heterocycles. The predicted octanol–water partition coefficient (Wildman–Crippen LogP) is 3.84. The molecule has 1 aliphatic heterocycles. The third-order valence-electron chi connectivity index (χ3n) is 5.47. The van der Waals surface area contributed by atoms with Crippen molar-refractivity contribution < 1.29 is 9.47 Å². The molecule has 2 aromatic rings. The molecule has 1 saturated heterocycles. The van der Waals surface area contributed by atoms with Gasteiger partial charge in [0.25, 0.3) is 0 Å². The fourth-order valence-corrected chi connectivity index (χ4v) is 3.35. The van der Waals surface area contributed by atoms with Crippen LogP contribution in [0.25, 0.3) is 0 Å². The number of nitrogens with one attached hydrogen (secondary N) is 1. The summed E-state index contributed by atoms with van der Waals surface area (Å²) in [7, 11) is 0. The number of benzene rings is 2. The lowest BCUT2D eigenvalue weighted by Crippen LogP contribution is -2.38. The van der Waals surface area contributed by atoms with E-state index in [1.54, 1.807) is 0 Å². The van der Waals surface area contributed by atoms with E-state index in [-0.39, 0.29) is 0 Å². The van der Waals surface area contributed by atoms with Crippen LogP contribution in [0.5, 0.6) is 5.75 Å². The molecular weight excluding hydrogens is 376 g/mol. The van der Waals surface area contributed by atoms with E-state index in [9.17, 15) is 0 Å². The van der Waals surface area contributed by atoms with E-state index in [0.717, 1.165) is 56.3 Å². The van der Waals surface area contributed by atoms with Crippen LogP contribution in [0, 0.1) is 0 Å². The number of ether oxygens (including phenoxy) is 2. The Kier molecular flexibility index (Phi) is 8.53. The van der Waals surface area contributed by atoms with Crippen molar-refractivity contribution in [3.05, 3.63) is 59.7 Å². The Labute approximate surface area is 180 Å². The van der Waals surface area contributed by atoms with Crippen LogP contribution in [-0.2, 0) is 11.3 Å². The average molecular weight is 411 g/mol. The Balaban J connectivity index is 1.47. The molecule has 1 aliphatic rings. The van der Waals surface area contributed by atoms with Crippen molar-refractivity contribution in [1.82, 2.24) is 4.90 Å². The zero-order valence-electron chi connectivity index (χ0n) is 18.1. The summed E-state index contributed by atoms with van der Waals surface area (Å²) in [5.41, 5.74) is 9.42. The molecule has 0 spiro atoms. The minimum atomic E-state index is 0.407. The maximum Gasteiger partial charge on any atom is 0.193 e. The maximum atomic E-state index is 6.07. The molecule has 0 amide bonds. The molecule has 6 heteroatoms. The lowest BCUT2D eigenvalue weighted by molar-refractivity contribution is 0.0322. The van der Waals surface area contributed by atoms with Crippen LogP contribution in [0.2, 0.25) is 0 Å². The van der Waals surface area contributed by atoms with Crippen LogP contribution in [0.3, 0.4) is 0 Å². The minimum Gasteiger partial charge on any atom is -0.492 e. The lowest BCUT2D eigenvalue weighted by Gasteiger charge is -2.26. The molecule has 0 aliphatic carbocycles. The third-order valence-corrected chi connectivity index (χ3v) is 5.47. The first-order valence-corrected chi connectivity index (χ1v) is 10.8. The van der Waals surface area contributed by atoms with E-state index < -0.39 is 0 Å². The van der Waals surface area contributed by atoms with Gasteiger partial charge >= 0.3 is 0 Å². The highest BCUT2D eigenvalue weighted by atomic mass is 16.5. The second kappa shape index (κ2) is 11.6. The highest BCUT2D eigenvalue weighted by Crippen LogP contribution is 2.20. The fourth-order valence-electron chi connectivity index (χ4n) is 3.35. The number of hydrogen-bond acceptors (Lipinski definition) is 4. The number of guanidine groups is 1. The van der Waals surface area contributed by atoms with Crippen molar-refractivity contribution in [2.75, 3.05) is 44.8 Å². The molecule has 0 radical (unpaired) electrons. The number of rotatable bonds is 9. The summed E-state index contributed by atoms with van der Waals surface area (Å²) in [5, 5.41) is 3.16. The SMILES string of the molecule is CCC(C)c1ccc(NC(N)=NCc2cccc(OCCN3CCOCC3)c2)cc1. The second-order valence-corrected chi connectivity index (χ2v) is 7.71. The lowest BCUT2D eigenvalue weighted by atomic mass is 9.99. The van der Waals surface area contributed by atoms with E-state index in [4.69, 9.17) is 15.2 Å². The van der Waals surface area contributed by atoms with Crippen LogP contribution in [0.15, 0.2) is 53.5 Å². The topological polar surface area (TPSA) is 72.1 Å². The van der Waals surface area contributed by atoms with Crippen LogP contribution in [0.1, 0.15) is 37.3 Å². The molecule has 3 N–H and O–H groups in total. The zero-order valence-corrected chi connectivity index (χ0v) is 18.1. The Bertz CT molecular complexity index is 801. The number of nitrogens with zero attached hydrogens (tertiary/aromatic N) is 2. The Morgan fingerprint density at radius 1 is 1.20 bits per heavy atom. The van der Waals surface area contributed by atoms with Crippen molar-refractivity contribution in [2.45, 2.75) is 32.7 Å². The molecule has 6 nitrogen and oxygen atoms in total. The number of morpholine rings is 1. The first-order valence-electron chi connectivity index (χ1n) is 10.8. The highest BCUT2D eigenvalue weighted by Gasteiger charge is 2.09. The van der Waals surface area contributed by atoms with E-state index in [2.05, 4.69) is 41.2 Å². The van der Waals surface area contributed by atoms with Gasteiger partial charge in [-0.05, 0) is 47.7 Å². The van der Waals surface area contributed by atoms with Gasteiger partial charge in [-0.15, -0.1) is 0 Å². The summed E-state index contributed by atoms with van der Waals surface area (Å²) in [6.45, 7) is 10.1.